The fraction of sp³-hybridized carbons (Fsp3) is 0.240. The summed E-state index contributed by atoms with van der Waals surface area (Å²) in [6.45, 7) is 5.27. The van der Waals surface area contributed by atoms with Gasteiger partial charge in [-0.15, -0.1) is 11.3 Å². The molecule has 2 heterocycles. The zero-order chi connectivity index (χ0) is 22.7. The summed E-state index contributed by atoms with van der Waals surface area (Å²) in [4.78, 5) is 40.5. The monoisotopic (exact) mass is 447 g/mol. The highest BCUT2D eigenvalue weighted by atomic mass is 32.1. The zero-order valence-corrected chi connectivity index (χ0v) is 18.9. The lowest BCUT2D eigenvalue weighted by molar-refractivity contribution is 0.0791. The van der Waals surface area contributed by atoms with Crippen molar-refractivity contribution in [2.24, 2.45) is 0 Å². The van der Waals surface area contributed by atoms with Gasteiger partial charge in [0.15, 0.2) is 0 Å². The molecule has 7 heteroatoms. The molecule has 1 aliphatic heterocycles. The second-order valence-electron chi connectivity index (χ2n) is 7.89. The van der Waals surface area contributed by atoms with Crippen molar-refractivity contribution in [2.75, 3.05) is 23.7 Å². The highest BCUT2D eigenvalue weighted by molar-refractivity contribution is 7.12. The van der Waals surface area contributed by atoms with Crippen molar-refractivity contribution < 1.29 is 14.4 Å². The van der Waals surface area contributed by atoms with Gasteiger partial charge in [0.25, 0.3) is 17.7 Å². The first-order chi connectivity index (χ1) is 15.4. The molecule has 1 saturated heterocycles. The van der Waals surface area contributed by atoms with Gasteiger partial charge in [0.05, 0.1) is 4.88 Å². The molecular weight excluding hydrogens is 422 g/mol. The standard InChI is InChI=1S/C25H25N3O3S/c1-16-15-18(10-11-20(16)26-24(30)22-9-6-14-32-22)23(29)27-21-8-5-7-19(17(21)2)25(31)28-12-3-4-13-28/h5-11,14-15H,3-4,12-13H2,1-2H3,(H,26,30)(H,27,29). The van der Waals surface area contributed by atoms with Crippen molar-refractivity contribution in [1.82, 2.24) is 4.90 Å². The van der Waals surface area contributed by atoms with E-state index >= 15 is 0 Å². The first-order valence-corrected chi connectivity index (χ1v) is 11.5. The average molecular weight is 448 g/mol. The van der Waals surface area contributed by atoms with Gasteiger partial charge in [-0.1, -0.05) is 12.1 Å². The van der Waals surface area contributed by atoms with Crippen molar-refractivity contribution in [3.05, 3.63) is 81.0 Å². The molecule has 1 fully saturated rings. The van der Waals surface area contributed by atoms with E-state index in [9.17, 15) is 14.4 Å². The molecule has 32 heavy (non-hydrogen) atoms. The largest absolute Gasteiger partial charge is 0.339 e. The van der Waals surface area contributed by atoms with Crippen LogP contribution < -0.4 is 10.6 Å². The molecule has 0 radical (unpaired) electrons. The number of aryl methyl sites for hydroxylation is 1. The first-order valence-electron chi connectivity index (χ1n) is 10.6. The number of likely N-dealkylation sites (tertiary alicyclic amines) is 1. The molecule has 3 aromatic rings. The first kappa shape index (κ1) is 21.8. The van der Waals surface area contributed by atoms with Crippen LogP contribution in [0.5, 0.6) is 0 Å². The molecule has 3 amide bonds. The van der Waals surface area contributed by atoms with Crippen molar-refractivity contribution >= 4 is 40.4 Å². The number of amides is 3. The van der Waals surface area contributed by atoms with Crippen LogP contribution in [0.4, 0.5) is 11.4 Å². The predicted octanol–water partition coefficient (Wildman–Crippen LogP) is 5.11. The van der Waals surface area contributed by atoms with E-state index in [4.69, 9.17) is 0 Å². The van der Waals surface area contributed by atoms with Gasteiger partial charge in [-0.05, 0) is 79.6 Å². The number of nitrogens with zero attached hydrogens (tertiary/aromatic N) is 1. The third-order valence-corrected chi connectivity index (χ3v) is 6.56. The minimum Gasteiger partial charge on any atom is -0.339 e. The molecule has 1 aromatic heterocycles. The molecule has 4 rings (SSSR count). The Morgan fingerprint density at radius 2 is 1.62 bits per heavy atom. The number of thiophene rings is 1. The minimum atomic E-state index is -0.266. The van der Waals surface area contributed by atoms with E-state index in [2.05, 4.69) is 10.6 Å². The van der Waals surface area contributed by atoms with Gasteiger partial charge in [0.2, 0.25) is 0 Å². The van der Waals surface area contributed by atoms with Crippen LogP contribution in [0.3, 0.4) is 0 Å². The fourth-order valence-electron chi connectivity index (χ4n) is 3.82. The molecule has 0 unspecified atom stereocenters. The van der Waals surface area contributed by atoms with E-state index in [1.807, 2.05) is 30.2 Å². The van der Waals surface area contributed by atoms with Gasteiger partial charge < -0.3 is 15.5 Å². The molecule has 0 spiro atoms. The van der Waals surface area contributed by atoms with Crippen LogP contribution in [0.1, 0.15) is 54.4 Å². The van der Waals surface area contributed by atoms with Crippen LogP contribution in [-0.4, -0.2) is 35.7 Å². The van der Waals surface area contributed by atoms with Gasteiger partial charge in [0, 0.05) is 35.6 Å². The fourth-order valence-corrected chi connectivity index (χ4v) is 4.44. The molecule has 6 nitrogen and oxygen atoms in total. The molecule has 164 valence electrons. The Morgan fingerprint density at radius 1 is 0.875 bits per heavy atom. The van der Waals surface area contributed by atoms with Crippen LogP contribution in [0.2, 0.25) is 0 Å². The number of nitrogens with one attached hydrogen (secondary N) is 2. The Morgan fingerprint density at radius 3 is 2.31 bits per heavy atom. The third-order valence-electron chi connectivity index (χ3n) is 5.69. The second kappa shape index (κ2) is 9.36. The summed E-state index contributed by atoms with van der Waals surface area (Å²) in [7, 11) is 0. The molecule has 1 aliphatic rings. The maximum atomic E-state index is 12.9. The van der Waals surface area contributed by atoms with Crippen LogP contribution >= 0.6 is 11.3 Å². The number of anilines is 2. The lowest BCUT2D eigenvalue weighted by atomic mass is 10.0. The van der Waals surface area contributed by atoms with Gasteiger partial charge >= 0.3 is 0 Å². The highest BCUT2D eigenvalue weighted by Crippen LogP contribution is 2.24. The summed E-state index contributed by atoms with van der Waals surface area (Å²) >= 11 is 1.37. The normalized spacial score (nSPS) is 13.1. The molecule has 0 saturated carbocycles. The maximum Gasteiger partial charge on any atom is 0.265 e. The quantitative estimate of drug-likeness (QED) is 0.571. The molecule has 0 aliphatic carbocycles. The van der Waals surface area contributed by atoms with E-state index in [0.717, 1.165) is 37.1 Å². The van der Waals surface area contributed by atoms with Gasteiger partial charge in [-0.3, -0.25) is 14.4 Å². The van der Waals surface area contributed by atoms with Crippen LogP contribution in [0.25, 0.3) is 0 Å². The maximum absolute atomic E-state index is 12.9. The number of carbonyl (C=O) groups is 3. The predicted molar refractivity (Wildman–Crippen MR) is 128 cm³/mol. The van der Waals surface area contributed by atoms with Gasteiger partial charge in [-0.25, -0.2) is 0 Å². The number of carbonyl (C=O) groups excluding carboxylic acids is 3. The summed E-state index contributed by atoms with van der Waals surface area (Å²) in [6, 6.07) is 14.2. The van der Waals surface area contributed by atoms with Gasteiger partial charge in [-0.2, -0.15) is 0 Å². The summed E-state index contributed by atoms with van der Waals surface area (Å²) in [5, 5.41) is 7.66. The van der Waals surface area contributed by atoms with Crippen molar-refractivity contribution in [2.45, 2.75) is 26.7 Å². The number of hydrogen-bond acceptors (Lipinski definition) is 4. The van der Waals surface area contributed by atoms with Gasteiger partial charge in [0.1, 0.15) is 0 Å². The van der Waals surface area contributed by atoms with E-state index < -0.39 is 0 Å². The Kier molecular flexibility index (Phi) is 6.37. The van der Waals surface area contributed by atoms with Crippen molar-refractivity contribution in [1.29, 1.82) is 0 Å². The topological polar surface area (TPSA) is 78.5 Å². The lowest BCUT2D eigenvalue weighted by Gasteiger charge is -2.18. The molecule has 2 aromatic carbocycles. The lowest BCUT2D eigenvalue weighted by Crippen LogP contribution is -2.28. The molecular formula is C25H25N3O3S. The Balaban J connectivity index is 1.48. The highest BCUT2D eigenvalue weighted by Gasteiger charge is 2.22. The van der Waals surface area contributed by atoms with Crippen LogP contribution in [0.15, 0.2) is 53.9 Å². The number of hydrogen-bond donors (Lipinski definition) is 2. The average Bonchev–Trinajstić information content (AvgIpc) is 3.50. The number of benzene rings is 2. The molecule has 2 N–H and O–H groups in total. The van der Waals surface area contributed by atoms with Crippen LogP contribution in [-0.2, 0) is 0 Å². The minimum absolute atomic E-state index is 0.0118. The summed E-state index contributed by atoms with van der Waals surface area (Å²) in [5.74, 6) is -0.425. The van der Waals surface area contributed by atoms with Crippen molar-refractivity contribution in [3.8, 4) is 0 Å². The SMILES string of the molecule is Cc1cc(C(=O)Nc2cccc(C(=O)N3CCCC3)c2C)ccc1NC(=O)c1cccs1. The Hall–Kier alpha value is -3.45. The Bertz CT molecular complexity index is 1170. The Labute approximate surface area is 191 Å². The van der Waals surface area contributed by atoms with E-state index in [1.165, 1.54) is 11.3 Å². The summed E-state index contributed by atoms with van der Waals surface area (Å²) < 4.78 is 0. The smallest absolute Gasteiger partial charge is 0.265 e. The summed E-state index contributed by atoms with van der Waals surface area (Å²) in [6.07, 6.45) is 2.06. The molecule has 0 atom stereocenters. The van der Waals surface area contributed by atoms with E-state index in [-0.39, 0.29) is 17.7 Å². The number of rotatable bonds is 5. The second-order valence-corrected chi connectivity index (χ2v) is 8.84. The van der Waals surface area contributed by atoms with E-state index in [1.54, 1.807) is 42.5 Å². The third kappa shape index (κ3) is 4.57. The molecule has 0 bridgehead atoms. The van der Waals surface area contributed by atoms with Crippen molar-refractivity contribution in [3.63, 3.8) is 0 Å². The zero-order valence-electron chi connectivity index (χ0n) is 18.1. The van der Waals surface area contributed by atoms with Crippen LogP contribution in [0, 0.1) is 13.8 Å². The van der Waals surface area contributed by atoms with E-state index in [0.29, 0.717) is 27.4 Å². The summed E-state index contributed by atoms with van der Waals surface area (Å²) in [5.41, 5.74) is 3.92.